The maximum Gasteiger partial charge on any atom is 0.235 e. The predicted octanol–water partition coefficient (Wildman–Crippen LogP) is 4.04. The highest BCUT2D eigenvalue weighted by molar-refractivity contribution is 6.27. The molecule has 2 nitrogen and oxygen atoms in total. The molecular weight excluding hydrogens is 246 g/mol. The topological polar surface area (TPSA) is 29.1 Å². The van der Waals surface area contributed by atoms with E-state index in [4.69, 9.17) is 11.6 Å². The molecule has 0 fully saturated rings. The van der Waals surface area contributed by atoms with Crippen LogP contribution in [0.15, 0.2) is 11.1 Å². The Morgan fingerprint density at radius 3 is 2.72 bits per heavy atom. The lowest BCUT2D eigenvalue weighted by molar-refractivity contribution is -0.119. The average molecular weight is 272 g/mol. The highest BCUT2D eigenvalue weighted by Crippen LogP contribution is 2.42. The van der Waals surface area contributed by atoms with Crippen molar-refractivity contribution < 1.29 is 4.79 Å². The molecule has 1 rings (SSSR count). The van der Waals surface area contributed by atoms with Crippen molar-refractivity contribution in [1.82, 2.24) is 5.32 Å². The maximum atomic E-state index is 11.2. The van der Waals surface area contributed by atoms with Crippen LogP contribution in [0.25, 0.3) is 0 Å². The SMILES string of the molecule is CC1=C(CC[C@H](C)NC(=O)CCl)C(C)(C)CCC1. The molecule has 0 heterocycles. The van der Waals surface area contributed by atoms with Crippen LogP contribution in [0.4, 0.5) is 0 Å². The molecule has 1 aliphatic carbocycles. The van der Waals surface area contributed by atoms with E-state index in [-0.39, 0.29) is 17.8 Å². The minimum atomic E-state index is -0.0715. The van der Waals surface area contributed by atoms with Gasteiger partial charge in [-0.05, 0) is 51.4 Å². The fourth-order valence-electron chi connectivity index (χ4n) is 2.97. The molecule has 0 bridgehead atoms. The van der Waals surface area contributed by atoms with Gasteiger partial charge in [-0.15, -0.1) is 11.6 Å². The predicted molar refractivity (Wildman–Crippen MR) is 77.9 cm³/mol. The normalized spacial score (nSPS) is 20.7. The summed E-state index contributed by atoms with van der Waals surface area (Å²) >= 11 is 5.49. The second-order valence-corrected chi connectivity index (χ2v) is 6.40. The van der Waals surface area contributed by atoms with Crippen LogP contribution in [0.1, 0.15) is 59.8 Å². The van der Waals surface area contributed by atoms with E-state index in [1.54, 1.807) is 11.1 Å². The van der Waals surface area contributed by atoms with Crippen molar-refractivity contribution in [3.05, 3.63) is 11.1 Å². The number of alkyl halides is 1. The van der Waals surface area contributed by atoms with Gasteiger partial charge in [0.1, 0.15) is 5.88 Å². The Labute approximate surface area is 116 Å². The second-order valence-electron chi connectivity index (χ2n) is 6.14. The molecule has 1 amide bonds. The molecule has 0 unspecified atom stereocenters. The molecule has 0 spiro atoms. The summed E-state index contributed by atoms with van der Waals surface area (Å²) in [6.07, 6.45) is 5.91. The van der Waals surface area contributed by atoms with Crippen LogP contribution in [0, 0.1) is 5.41 Å². The van der Waals surface area contributed by atoms with Crippen molar-refractivity contribution in [2.24, 2.45) is 5.41 Å². The summed E-state index contributed by atoms with van der Waals surface area (Å²) in [6, 6.07) is 0.203. The van der Waals surface area contributed by atoms with Gasteiger partial charge in [0.15, 0.2) is 0 Å². The van der Waals surface area contributed by atoms with Gasteiger partial charge in [0.25, 0.3) is 0 Å². The summed E-state index contributed by atoms with van der Waals surface area (Å²) in [7, 11) is 0. The fourth-order valence-corrected chi connectivity index (χ4v) is 3.05. The van der Waals surface area contributed by atoms with Crippen molar-refractivity contribution in [2.45, 2.75) is 65.8 Å². The van der Waals surface area contributed by atoms with Crippen LogP contribution >= 0.6 is 11.6 Å². The highest BCUT2D eigenvalue weighted by atomic mass is 35.5. The monoisotopic (exact) mass is 271 g/mol. The van der Waals surface area contributed by atoms with Gasteiger partial charge in [0, 0.05) is 6.04 Å². The molecule has 0 radical (unpaired) electrons. The summed E-state index contributed by atoms with van der Waals surface area (Å²) in [5.41, 5.74) is 3.49. The smallest absolute Gasteiger partial charge is 0.235 e. The number of rotatable bonds is 5. The van der Waals surface area contributed by atoms with E-state index in [1.165, 1.54) is 19.3 Å². The Balaban J connectivity index is 2.54. The third-order valence-corrected chi connectivity index (χ3v) is 4.28. The van der Waals surface area contributed by atoms with Crippen LogP contribution < -0.4 is 5.32 Å². The van der Waals surface area contributed by atoms with E-state index in [1.807, 2.05) is 0 Å². The molecule has 18 heavy (non-hydrogen) atoms. The quantitative estimate of drug-likeness (QED) is 0.593. The number of carbonyl (C=O) groups is 1. The second kappa shape index (κ2) is 6.60. The molecule has 1 N–H and O–H groups in total. The first-order valence-corrected chi connectivity index (χ1v) is 7.44. The Morgan fingerprint density at radius 2 is 2.17 bits per heavy atom. The first kappa shape index (κ1) is 15.6. The molecule has 0 saturated heterocycles. The van der Waals surface area contributed by atoms with Gasteiger partial charge in [0.2, 0.25) is 5.91 Å². The van der Waals surface area contributed by atoms with E-state index in [0.29, 0.717) is 5.41 Å². The minimum Gasteiger partial charge on any atom is -0.353 e. The number of nitrogens with one attached hydrogen (secondary N) is 1. The van der Waals surface area contributed by atoms with Gasteiger partial charge >= 0.3 is 0 Å². The van der Waals surface area contributed by atoms with Crippen LogP contribution in [0.3, 0.4) is 0 Å². The number of hydrogen-bond acceptors (Lipinski definition) is 1. The van der Waals surface area contributed by atoms with E-state index in [9.17, 15) is 4.79 Å². The third-order valence-electron chi connectivity index (χ3n) is 4.04. The largest absolute Gasteiger partial charge is 0.353 e. The molecular formula is C15H26ClNO. The van der Waals surface area contributed by atoms with Crippen LogP contribution in [-0.2, 0) is 4.79 Å². The lowest BCUT2D eigenvalue weighted by Gasteiger charge is -2.35. The Hall–Kier alpha value is -0.500. The average Bonchev–Trinajstić information content (AvgIpc) is 2.27. The molecule has 3 heteroatoms. The number of carbonyl (C=O) groups excluding carboxylic acids is 1. The molecule has 1 aliphatic rings. The third kappa shape index (κ3) is 4.31. The van der Waals surface area contributed by atoms with Crippen molar-refractivity contribution in [3.63, 3.8) is 0 Å². The van der Waals surface area contributed by atoms with Crippen LogP contribution in [-0.4, -0.2) is 17.8 Å². The van der Waals surface area contributed by atoms with Gasteiger partial charge in [-0.3, -0.25) is 4.79 Å². The van der Waals surface area contributed by atoms with Gasteiger partial charge in [-0.2, -0.15) is 0 Å². The van der Waals surface area contributed by atoms with Gasteiger partial charge in [-0.1, -0.05) is 25.0 Å². The fraction of sp³-hybridized carbons (Fsp3) is 0.800. The zero-order valence-corrected chi connectivity index (χ0v) is 12.9. The number of amides is 1. The molecule has 0 aromatic carbocycles. The van der Waals surface area contributed by atoms with Gasteiger partial charge in [0.05, 0.1) is 0 Å². The number of halogens is 1. The zero-order valence-electron chi connectivity index (χ0n) is 12.1. The molecule has 104 valence electrons. The Kier molecular flexibility index (Phi) is 5.71. The van der Waals surface area contributed by atoms with Crippen molar-refractivity contribution >= 4 is 17.5 Å². The zero-order chi connectivity index (χ0) is 13.8. The van der Waals surface area contributed by atoms with Gasteiger partial charge < -0.3 is 5.32 Å². The summed E-state index contributed by atoms with van der Waals surface area (Å²) in [5, 5.41) is 2.92. The standard InChI is InChI=1S/C15H26ClNO/c1-11-6-5-9-15(3,4)13(11)8-7-12(2)17-14(18)10-16/h12H,5-10H2,1-4H3,(H,17,18)/t12-/m0/s1. The Bertz CT molecular complexity index is 333. The summed E-state index contributed by atoms with van der Waals surface area (Å²) in [6.45, 7) is 8.99. The van der Waals surface area contributed by atoms with E-state index in [0.717, 1.165) is 12.8 Å². The van der Waals surface area contributed by atoms with Crippen LogP contribution in [0.5, 0.6) is 0 Å². The first-order chi connectivity index (χ1) is 8.36. The minimum absolute atomic E-state index is 0.0531. The molecule has 1 atom stereocenters. The first-order valence-electron chi connectivity index (χ1n) is 6.91. The molecule has 0 aromatic heterocycles. The summed E-state index contributed by atoms with van der Waals surface area (Å²) in [4.78, 5) is 11.2. The molecule has 0 saturated carbocycles. The lowest BCUT2D eigenvalue weighted by Crippen LogP contribution is -2.34. The summed E-state index contributed by atoms with van der Waals surface area (Å²) < 4.78 is 0. The van der Waals surface area contributed by atoms with E-state index >= 15 is 0 Å². The number of hydrogen-bond donors (Lipinski definition) is 1. The van der Waals surface area contributed by atoms with Crippen molar-refractivity contribution in [3.8, 4) is 0 Å². The number of allylic oxidation sites excluding steroid dienone is 2. The van der Waals surface area contributed by atoms with Gasteiger partial charge in [-0.25, -0.2) is 0 Å². The van der Waals surface area contributed by atoms with E-state index < -0.39 is 0 Å². The van der Waals surface area contributed by atoms with E-state index in [2.05, 4.69) is 33.0 Å². The molecule has 0 aliphatic heterocycles. The molecule has 0 aromatic rings. The Morgan fingerprint density at radius 1 is 1.50 bits per heavy atom. The highest BCUT2D eigenvalue weighted by Gasteiger charge is 2.28. The maximum absolute atomic E-state index is 11.2. The van der Waals surface area contributed by atoms with Crippen molar-refractivity contribution in [1.29, 1.82) is 0 Å². The van der Waals surface area contributed by atoms with Crippen LogP contribution in [0.2, 0.25) is 0 Å². The lowest BCUT2D eigenvalue weighted by atomic mass is 9.71. The van der Waals surface area contributed by atoms with Crippen molar-refractivity contribution in [2.75, 3.05) is 5.88 Å². The summed E-state index contributed by atoms with van der Waals surface area (Å²) in [5.74, 6) is -0.0184.